The summed E-state index contributed by atoms with van der Waals surface area (Å²) in [5, 5.41) is 4.54. The Morgan fingerprint density at radius 1 is 1.06 bits per heavy atom. The monoisotopic (exact) mass is 243 g/mol. The zero-order chi connectivity index (χ0) is 11.5. The van der Waals surface area contributed by atoms with Gasteiger partial charge in [0, 0.05) is 11.8 Å². The minimum Gasteiger partial charge on any atom is -0.316 e. The Kier molecular flexibility index (Phi) is 9.40. The van der Waals surface area contributed by atoms with Crippen molar-refractivity contribution in [1.29, 1.82) is 0 Å². The van der Waals surface area contributed by atoms with E-state index in [0.717, 1.165) is 5.25 Å². The summed E-state index contributed by atoms with van der Waals surface area (Å²) in [5.74, 6) is 1.39. The first-order valence-electron chi connectivity index (χ1n) is 7.26. The molecule has 1 aliphatic heterocycles. The molecule has 1 saturated heterocycles. The zero-order valence-corrected chi connectivity index (χ0v) is 11.8. The largest absolute Gasteiger partial charge is 0.316 e. The molecule has 0 radical (unpaired) electrons. The van der Waals surface area contributed by atoms with Crippen LogP contribution in [0, 0.1) is 0 Å². The summed E-state index contributed by atoms with van der Waals surface area (Å²) in [5.41, 5.74) is 0. The topological polar surface area (TPSA) is 12.0 Å². The minimum atomic E-state index is 0.911. The first kappa shape index (κ1) is 14.4. The Balaban J connectivity index is 1.77. The van der Waals surface area contributed by atoms with Crippen LogP contribution < -0.4 is 5.32 Å². The standard InChI is InChI=1S/C14H29NS/c1-2-3-4-5-6-8-11-15-13-14-10-7-9-12-16-14/h14-15H,2-13H2,1H3. The highest BCUT2D eigenvalue weighted by molar-refractivity contribution is 7.99. The molecule has 16 heavy (non-hydrogen) atoms. The highest BCUT2D eigenvalue weighted by Gasteiger charge is 2.12. The van der Waals surface area contributed by atoms with Gasteiger partial charge in [-0.25, -0.2) is 0 Å². The van der Waals surface area contributed by atoms with Gasteiger partial charge in [0.15, 0.2) is 0 Å². The van der Waals surface area contributed by atoms with Crippen molar-refractivity contribution in [3.8, 4) is 0 Å². The molecule has 0 aromatic heterocycles. The van der Waals surface area contributed by atoms with Gasteiger partial charge in [-0.05, 0) is 31.6 Å². The smallest absolute Gasteiger partial charge is 0.0172 e. The van der Waals surface area contributed by atoms with Crippen LogP contribution in [0.1, 0.15) is 64.7 Å². The fourth-order valence-electron chi connectivity index (χ4n) is 2.26. The molecule has 0 saturated carbocycles. The summed E-state index contributed by atoms with van der Waals surface area (Å²) in [7, 11) is 0. The molecule has 96 valence electrons. The fourth-order valence-corrected chi connectivity index (χ4v) is 3.53. The number of unbranched alkanes of at least 4 members (excludes halogenated alkanes) is 5. The van der Waals surface area contributed by atoms with Gasteiger partial charge >= 0.3 is 0 Å². The van der Waals surface area contributed by atoms with E-state index < -0.39 is 0 Å². The molecule has 0 aromatic carbocycles. The molecule has 1 N–H and O–H groups in total. The van der Waals surface area contributed by atoms with Crippen LogP contribution in [0.2, 0.25) is 0 Å². The van der Waals surface area contributed by atoms with Gasteiger partial charge in [-0.3, -0.25) is 0 Å². The van der Waals surface area contributed by atoms with Gasteiger partial charge in [-0.2, -0.15) is 11.8 Å². The van der Waals surface area contributed by atoms with E-state index in [1.807, 2.05) is 0 Å². The summed E-state index contributed by atoms with van der Waals surface area (Å²) < 4.78 is 0. The molecule has 1 heterocycles. The number of hydrogen-bond donors (Lipinski definition) is 1. The van der Waals surface area contributed by atoms with Crippen molar-refractivity contribution in [1.82, 2.24) is 5.32 Å². The van der Waals surface area contributed by atoms with Gasteiger partial charge in [0.1, 0.15) is 0 Å². The molecular weight excluding hydrogens is 214 g/mol. The third kappa shape index (κ3) is 7.56. The van der Waals surface area contributed by atoms with Gasteiger partial charge in [0.25, 0.3) is 0 Å². The average Bonchev–Trinajstić information content (AvgIpc) is 2.34. The molecule has 1 atom stereocenters. The van der Waals surface area contributed by atoms with Crippen LogP contribution in [-0.2, 0) is 0 Å². The molecule has 0 aromatic rings. The maximum Gasteiger partial charge on any atom is 0.0172 e. The maximum absolute atomic E-state index is 3.63. The van der Waals surface area contributed by atoms with E-state index in [4.69, 9.17) is 0 Å². The normalized spacial score (nSPS) is 21.2. The summed E-state index contributed by atoms with van der Waals surface area (Å²) in [6, 6.07) is 0. The van der Waals surface area contributed by atoms with Gasteiger partial charge in [0.2, 0.25) is 0 Å². The lowest BCUT2D eigenvalue weighted by Gasteiger charge is -2.21. The predicted octanol–water partition coefficient (Wildman–Crippen LogP) is 4.22. The Morgan fingerprint density at radius 2 is 1.88 bits per heavy atom. The van der Waals surface area contributed by atoms with Crippen LogP contribution >= 0.6 is 11.8 Å². The number of hydrogen-bond acceptors (Lipinski definition) is 2. The van der Waals surface area contributed by atoms with E-state index in [1.165, 1.54) is 76.6 Å². The molecule has 0 aliphatic carbocycles. The fraction of sp³-hybridized carbons (Fsp3) is 1.00. The highest BCUT2D eigenvalue weighted by Crippen LogP contribution is 2.24. The lowest BCUT2D eigenvalue weighted by Crippen LogP contribution is -2.27. The van der Waals surface area contributed by atoms with E-state index in [-0.39, 0.29) is 0 Å². The molecule has 1 fully saturated rings. The van der Waals surface area contributed by atoms with Crippen molar-refractivity contribution in [2.24, 2.45) is 0 Å². The molecule has 1 nitrogen and oxygen atoms in total. The molecular formula is C14H29NS. The van der Waals surface area contributed by atoms with E-state index in [2.05, 4.69) is 24.0 Å². The Bertz CT molecular complexity index is 144. The Hall–Kier alpha value is 0.310. The SMILES string of the molecule is CCCCCCCCNCC1CCCCS1. The third-order valence-corrected chi connectivity index (χ3v) is 4.75. The molecule has 0 amide bonds. The van der Waals surface area contributed by atoms with Crippen LogP contribution in [0.5, 0.6) is 0 Å². The highest BCUT2D eigenvalue weighted by atomic mass is 32.2. The van der Waals surface area contributed by atoms with Crippen molar-refractivity contribution < 1.29 is 0 Å². The Labute approximate surface area is 106 Å². The quantitative estimate of drug-likeness (QED) is 0.608. The van der Waals surface area contributed by atoms with E-state index >= 15 is 0 Å². The molecule has 0 spiro atoms. The first-order chi connectivity index (χ1) is 7.93. The average molecular weight is 243 g/mol. The van der Waals surface area contributed by atoms with Crippen molar-refractivity contribution >= 4 is 11.8 Å². The van der Waals surface area contributed by atoms with E-state index in [0.29, 0.717) is 0 Å². The second kappa shape index (κ2) is 10.5. The number of nitrogens with one attached hydrogen (secondary N) is 1. The zero-order valence-electron chi connectivity index (χ0n) is 11.0. The van der Waals surface area contributed by atoms with E-state index in [9.17, 15) is 0 Å². The lowest BCUT2D eigenvalue weighted by molar-refractivity contribution is 0.553. The number of rotatable bonds is 9. The van der Waals surface area contributed by atoms with Crippen LogP contribution in [0.25, 0.3) is 0 Å². The number of thioether (sulfide) groups is 1. The molecule has 2 heteroatoms. The van der Waals surface area contributed by atoms with Gasteiger partial charge in [-0.15, -0.1) is 0 Å². The Morgan fingerprint density at radius 3 is 2.62 bits per heavy atom. The van der Waals surface area contributed by atoms with Gasteiger partial charge in [-0.1, -0.05) is 45.4 Å². The van der Waals surface area contributed by atoms with Crippen LogP contribution in [0.15, 0.2) is 0 Å². The van der Waals surface area contributed by atoms with Crippen LogP contribution in [0.3, 0.4) is 0 Å². The van der Waals surface area contributed by atoms with Gasteiger partial charge < -0.3 is 5.32 Å². The van der Waals surface area contributed by atoms with Crippen LogP contribution in [0.4, 0.5) is 0 Å². The maximum atomic E-state index is 3.63. The minimum absolute atomic E-state index is 0.911. The van der Waals surface area contributed by atoms with E-state index in [1.54, 1.807) is 0 Å². The molecule has 1 rings (SSSR count). The van der Waals surface area contributed by atoms with Gasteiger partial charge in [0.05, 0.1) is 0 Å². The van der Waals surface area contributed by atoms with Crippen molar-refractivity contribution in [2.75, 3.05) is 18.8 Å². The molecule has 1 aliphatic rings. The van der Waals surface area contributed by atoms with Crippen LogP contribution in [-0.4, -0.2) is 24.1 Å². The predicted molar refractivity (Wildman–Crippen MR) is 76.3 cm³/mol. The molecule has 1 unspecified atom stereocenters. The molecule has 0 bridgehead atoms. The summed E-state index contributed by atoms with van der Waals surface area (Å²) in [6.45, 7) is 4.77. The van der Waals surface area contributed by atoms with Crippen molar-refractivity contribution in [3.63, 3.8) is 0 Å². The summed E-state index contributed by atoms with van der Waals surface area (Å²) in [6.07, 6.45) is 12.8. The van der Waals surface area contributed by atoms with Crippen molar-refractivity contribution in [3.05, 3.63) is 0 Å². The summed E-state index contributed by atoms with van der Waals surface area (Å²) in [4.78, 5) is 0. The van der Waals surface area contributed by atoms with Crippen molar-refractivity contribution in [2.45, 2.75) is 70.0 Å². The lowest BCUT2D eigenvalue weighted by atomic mass is 10.1. The first-order valence-corrected chi connectivity index (χ1v) is 8.30. The summed E-state index contributed by atoms with van der Waals surface area (Å²) >= 11 is 2.18. The third-order valence-electron chi connectivity index (χ3n) is 3.35. The second-order valence-corrected chi connectivity index (χ2v) is 6.37. The second-order valence-electron chi connectivity index (χ2n) is 4.96.